The normalized spacial score (nSPS) is 11.3. The molecule has 112 valence electrons. The lowest BCUT2D eigenvalue weighted by molar-refractivity contribution is -0.105. The first-order valence-electron chi connectivity index (χ1n) is 6.77. The average molecular weight is 288 g/mol. The van der Waals surface area contributed by atoms with Crippen molar-refractivity contribution < 1.29 is 13.9 Å². The minimum absolute atomic E-state index is 0.0221. The maximum atomic E-state index is 12.4. The van der Waals surface area contributed by atoms with Gasteiger partial charge in [0.25, 0.3) is 0 Å². The Morgan fingerprint density at radius 3 is 2.52 bits per heavy atom. The van der Waals surface area contributed by atoms with Crippen LogP contribution in [-0.4, -0.2) is 14.2 Å². The molecular weight excluding hydrogens is 268 g/mol. The molecule has 0 aliphatic rings. The van der Waals surface area contributed by atoms with E-state index in [0.717, 1.165) is 11.1 Å². The lowest BCUT2D eigenvalue weighted by Gasteiger charge is -2.19. The van der Waals surface area contributed by atoms with E-state index in [1.54, 1.807) is 40.2 Å². The maximum absolute atomic E-state index is 12.4. The number of methoxy groups -OCH3 is 2. The van der Waals surface area contributed by atoms with Crippen molar-refractivity contribution in [2.75, 3.05) is 14.2 Å². The van der Waals surface area contributed by atoms with E-state index in [4.69, 9.17) is 13.9 Å². The minimum Gasteiger partial charge on any atom is -0.460 e. The van der Waals surface area contributed by atoms with Crippen LogP contribution >= 0.6 is 0 Å². The third-order valence-electron chi connectivity index (χ3n) is 3.68. The highest BCUT2D eigenvalue weighted by Crippen LogP contribution is 2.30. The summed E-state index contributed by atoms with van der Waals surface area (Å²) in [6.45, 7) is 7.32. The highest BCUT2D eigenvalue weighted by atomic mass is 16.7. The molecule has 0 radical (unpaired) electrons. The maximum Gasteiger partial charge on any atom is 0.195 e. The molecule has 1 heterocycles. The van der Waals surface area contributed by atoms with E-state index < -0.39 is 6.29 Å². The number of fused-ring (bicyclic) bond motifs is 1. The van der Waals surface area contributed by atoms with Gasteiger partial charge in [-0.15, -0.1) is 6.58 Å². The van der Waals surface area contributed by atoms with Crippen molar-refractivity contribution in [3.8, 4) is 0 Å². The number of ether oxygens (including phenoxy) is 2. The molecule has 0 amide bonds. The third-order valence-corrected chi connectivity index (χ3v) is 3.68. The van der Waals surface area contributed by atoms with E-state index in [-0.39, 0.29) is 5.43 Å². The molecule has 0 saturated carbocycles. The number of rotatable bonds is 5. The number of aryl methyl sites for hydroxylation is 1. The summed E-state index contributed by atoms with van der Waals surface area (Å²) in [6.07, 6.45) is 1.85. The molecule has 0 N–H and O–H groups in total. The first-order valence-corrected chi connectivity index (χ1v) is 6.77. The monoisotopic (exact) mass is 288 g/mol. The van der Waals surface area contributed by atoms with E-state index in [1.807, 2.05) is 6.07 Å². The zero-order chi connectivity index (χ0) is 15.6. The van der Waals surface area contributed by atoms with Gasteiger partial charge in [0.15, 0.2) is 11.7 Å². The molecule has 0 fully saturated rings. The number of allylic oxidation sites excluding steroid dienone is 1. The summed E-state index contributed by atoms with van der Waals surface area (Å²) in [5, 5.41) is 0.542. The Balaban J connectivity index is 2.90. The Labute approximate surface area is 124 Å². The van der Waals surface area contributed by atoms with Crippen molar-refractivity contribution in [2.24, 2.45) is 0 Å². The lowest BCUT2D eigenvalue weighted by Crippen LogP contribution is -2.13. The van der Waals surface area contributed by atoms with E-state index in [0.29, 0.717) is 28.7 Å². The molecule has 0 bridgehead atoms. The van der Waals surface area contributed by atoms with Crippen LogP contribution < -0.4 is 5.43 Å². The summed E-state index contributed by atoms with van der Waals surface area (Å²) in [6, 6.07) is 3.69. The van der Waals surface area contributed by atoms with Gasteiger partial charge in [0.1, 0.15) is 11.3 Å². The standard InChI is InChI=1S/C17H20O4/c1-6-7-12-8-9-13-15(18)10(2)11(3)21-16(13)14(12)17(19-4)20-5/h6,8-9,17H,1,7H2,2-5H3. The molecule has 0 unspecified atom stereocenters. The highest BCUT2D eigenvalue weighted by Gasteiger charge is 2.21. The number of benzene rings is 1. The second kappa shape index (κ2) is 6.24. The Morgan fingerprint density at radius 1 is 1.29 bits per heavy atom. The molecule has 2 rings (SSSR count). The smallest absolute Gasteiger partial charge is 0.195 e. The van der Waals surface area contributed by atoms with Gasteiger partial charge >= 0.3 is 0 Å². The van der Waals surface area contributed by atoms with Crippen molar-refractivity contribution in [2.45, 2.75) is 26.6 Å². The number of hydrogen-bond acceptors (Lipinski definition) is 4. The van der Waals surface area contributed by atoms with Gasteiger partial charge < -0.3 is 13.9 Å². The van der Waals surface area contributed by atoms with E-state index in [2.05, 4.69) is 6.58 Å². The van der Waals surface area contributed by atoms with Gasteiger partial charge in [0.05, 0.1) is 10.9 Å². The van der Waals surface area contributed by atoms with Crippen LogP contribution in [0.15, 0.2) is 34.0 Å². The zero-order valence-corrected chi connectivity index (χ0v) is 12.9. The van der Waals surface area contributed by atoms with Gasteiger partial charge in [-0.05, 0) is 31.9 Å². The summed E-state index contributed by atoms with van der Waals surface area (Å²) < 4.78 is 16.6. The Hall–Kier alpha value is -1.91. The third kappa shape index (κ3) is 2.64. The van der Waals surface area contributed by atoms with Crippen LogP contribution in [-0.2, 0) is 15.9 Å². The fraction of sp³-hybridized carbons (Fsp3) is 0.353. The van der Waals surface area contributed by atoms with Gasteiger partial charge in [0, 0.05) is 19.8 Å². The van der Waals surface area contributed by atoms with Gasteiger partial charge in [0.2, 0.25) is 0 Å². The molecule has 1 aromatic heterocycles. The second-order valence-electron chi connectivity index (χ2n) is 4.92. The van der Waals surface area contributed by atoms with Crippen LogP contribution in [0.2, 0.25) is 0 Å². The van der Waals surface area contributed by atoms with Crippen LogP contribution in [0, 0.1) is 13.8 Å². The molecule has 0 aliphatic carbocycles. The van der Waals surface area contributed by atoms with Gasteiger partial charge in [-0.25, -0.2) is 0 Å². The van der Waals surface area contributed by atoms with Crippen LogP contribution in [0.3, 0.4) is 0 Å². The summed E-state index contributed by atoms with van der Waals surface area (Å²) >= 11 is 0. The molecule has 0 atom stereocenters. The lowest BCUT2D eigenvalue weighted by atomic mass is 9.99. The molecule has 1 aromatic carbocycles. The largest absolute Gasteiger partial charge is 0.460 e. The second-order valence-corrected chi connectivity index (χ2v) is 4.92. The van der Waals surface area contributed by atoms with E-state index in [1.165, 1.54) is 0 Å². The predicted octanol–water partition coefficient (Wildman–Crippen LogP) is 3.43. The van der Waals surface area contributed by atoms with Crippen LogP contribution in [0.4, 0.5) is 0 Å². The molecule has 4 nitrogen and oxygen atoms in total. The van der Waals surface area contributed by atoms with Crippen LogP contribution in [0.5, 0.6) is 0 Å². The fourth-order valence-electron chi connectivity index (χ4n) is 2.44. The topological polar surface area (TPSA) is 48.7 Å². The summed E-state index contributed by atoms with van der Waals surface area (Å²) in [4.78, 5) is 12.4. The van der Waals surface area contributed by atoms with Crippen molar-refractivity contribution >= 4 is 11.0 Å². The first-order chi connectivity index (χ1) is 10.0. The molecule has 21 heavy (non-hydrogen) atoms. The van der Waals surface area contributed by atoms with Crippen molar-refractivity contribution in [1.29, 1.82) is 0 Å². The summed E-state index contributed by atoms with van der Waals surface area (Å²) in [7, 11) is 3.12. The summed E-state index contributed by atoms with van der Waals surface area (Å²) in [5.74, 6) is 0.607. The number of hydrogen-bond donors (Lipinski definition) is 0. The highest BCUT2D eigenvalue weighted by molar-refractivity contribution is 5.82. The quantitative estimate of drug-likeness (QED) is 0.624. The molecule has 4 heteroatoms. The van der Waals surface area contributed by atoms with Crippen molar-refractivity contribution in [3.05, 3.63) is 57.5 Å². The molecular formula is C17H20O4. The predicted molar refractivity (Wildman–Crippen MR) is 82.6 cm³/mol. The Morgan fingerprint density at radius 2 is 1.95 bits per heavy atom. The SMILES string of the molecule is C=CCc1ccc2c(=O)c(C)c(C)oc2c1C(OC)OC. The molecule has 0 aliphatic heterocycles. The van der Waals surface area contributed by atoms with Crippen molar-refractivity contribution in [1.82, 2.24) is 0 Å². The zero-order valence-electron chi connectivity index (χ0n) is 12.9. The molecule has 0 spiro atoms. The first kappa shape index (κ1) is 15.5. The fourth-order valence-corrected chi connectivity index (χ4v) is 2.44. The van der Waals surface area contributed by atoms with Gasteiger partial charge in [-0.1, -0.05) is 12.1 Å². The van der Waals surface area contributed by atoms with Gasteiger partial charge in [-0.3, -0.25) is 4.79 Å². The van der Waals surface area contributed by atoms with Crippen molar-refractivity contribution in [3.63, 3.8) is 0 Å². The molecule has 2 aromatic rings. The summed E-state index contributed by atoms with van der Waals surface area (Å²) in [5.41, 5.74) is 2.84. The van der Waals surface area contributed by atoms with Crippen LogP contribution in [0.1, 0.15) is 28.7 Å². The average Bonchev–Trinajstić information content (AvgIpc) is 2.48. The van der Waals surface area contributed by atoms with E-state index >= 15 is 0 Å². The van der Waals surface area contributed by atoms with Gasteiger partial charge in [-0.2, -0.15) is 0 Å². The minimum atomic E-state index is -0.589. The van der Waals surface area contributed by atoms with Crippen LogP contribution in [0.25, 0.3) is 11.0 Å². The molecule has 0 saturated heterocycles. The Kier molecular flexibility index (Phi) is 4.60. The Bertz CT molecular complexity index is 724. The van der Waals surface area contributed by atoms with E-state index in [9.17, 15) is 4.79 Å².